The Labute approximate surface area is 89.9 Å². The van der Waals surface area contributed by atoms with E-state index in [1.54, 1.807) is 28.4 Å². The lowest BCUT2D eigenvalue weighted by atomic mass is 10.0. The molecule has 0 amide bonds. The first-order valence-electron chi connectivity index (χ1n) is 4.66. The van der Waals surface area contributed by atoms with Gasteiger partial charge in [0.1, 0.15) is 24.1 Å². The van der Waals surface area contributed by atoms with E-state index in [0.717, 1.165) is 0 Å². The number of methoxy groups -OCH3 is 4. The molecule has 0 unspecified atom stereocenters. The van der Waals surface area contributed by atoms with Gasteiger partial charge in [-0.2, -0.15) is 0 Å². The minimum absolute atomic E-state index is 0.286. The highest BCUT2D eigenvalue weighted by atomic mass is 16.7. The molecule has 5 heteroatoms. The molecule has 1 saturated heterocycles. The summed E-state index contributed by atoms with van der Waals surface area (Å²) in [5.74, 6) is 0.490. The van der Waals surface area contributed by atoms with E-state index in [0.29, 0.717) is 5.76 Å². The van der Waals surface area contributed by atoms with Crippen LogP contribution < -0.4 is 0 Å². The fourth-order valence-corrected chi connectivity index (χ4v) is 1.74. The van der Waals surface area contributed by atoms with Gasteiger partial charge in [0, 0.05) is 28.4 Å². The summed E-state index contributed by atoms with van der Waals surface area (Å²) in [7, 11) is 6.29. The first-order chi connectivity index (χ1) is 7.19. The summed E-state index contributed by atoms with van der Waals surface area (Å²) in [5, 5.41) is 0. The molecule has 1 aliphatic rings. The first kappa shape index (κ1) is 12.4. The average Bonchev–Trinajstić information content (AvgIpc) is 2.27. The predicted molar refractivity (Wildman–Crippen MR) is 53.4 cm³/mol. The number of hydrogen-bond acceptors (Lipinski definition) is 5. The van der Waals surface area contributed by atoms with Gasteiger partial charge < -0.3 is 23.7 Å². The van der Waals surface area contributed by atoms with Crippen LogP contribution in [0.25, 0.3) is 0 Å². The molecule has 0 bridgehead atoms. The second-order valence-corrected chi connectivity index (χ2v) is 3.25. The molecule has 1 rings (SSSR count). The molecular weight excluding hydrogens is 200 g/mol. The molecule has 0 saturated carbocycles. The molecule has 15 heavy (non-hydrogen) atoms. The van der Waals surface area contributed by atoms with Gasteiger partial charge in [-0.1, -0.05) is 6.58 Å². The van der Waals surface area contributed by atoms with Gasteiger partial charge >= 0.3 is 0 Å². The molecule has 0 aromatic rings. The van der Waals surface area contributed by atoms with Crippen LogP contribution in [-0.2, 0) is 23.7 Å². The van der Waals surface area contributed by atoms with Gasteiger partial charge in [0.2, 0.25) is 6.29 Å². The van der Waals surface area contributed by atoms with Crippen LogP contribution in [0, 0.1) is 0 Å². The molecule has 0 aromatic heterocycles. The molecule has 0 radical (unpaired) electrons. The maximum Gasteiger partial charge on any atom is 0.228 e. The van der Waals surface area contributed by atoms with Crippen LogP contribution in [0.15, 0.2) is 12.3 Å². The number of ether oxygens (including phenoxy) is 5. The SMILES string of the molecule is C=C1O[C@H](OC)[C@H](OC)[C@@H](OC)[C@@H]1OC. The van der Waals surface area contributed by atoms with E-state index < -0.39 is 6.29 Å². The molecule has 0 aromatic carbocycles. The Hall–Kier alpha value is -0.620. The summed E-state index contributed by atoms with van der Waals surface area (Å²) >= 11 is 0. The normalized spacial score (nSPS) is 36.4. The van der Waals surface area contributed by atoms with E-state index >= 15 is 0 Å². The van der Waals surface area contributed by atoms with Crippen LogP contribution in [0.5, 0.6) is 0 Å². The van der Waals surface area contributed by atoms with Crippen molar-refractivity contribution in [2.75, 3.05) is 28.4 Å². The van der Waals surface area contributed by atoms with Crippen molar-refractivity contribution in [1.29, 1.82) is 0 Å². The average molecular weight is 218 g/mol. The van der Waals surface area contributed by atoms with Crippen molar-refractivity contribution in [3.05, 3.63) is 12.3 Å². The number of rotatable bonds is 4. The van der Waals surface area contributed by atoms with Crippen LogP contribution in [0.2, 0.25) is 0 Å². The molecule has 0 spiro atoms. The highest BCUT2D eigenvalue weighted by Crippen LogP contribution is 2.28. The number of hydrogen-bond donors (Lipinski definition) is 0. The summed E-state index contributed by atoms with van der Waals surface area (Å²) in [6.45, 7) is 3.77. The molecular formula is C10H18O5. The lowest BCUT2D eigenvalue weighted by molar-refractivity contribution is -0.251. The van der Waals surface area contributed by atoms with Crippen molar-refractivity contribution in [3.8, 4) is 0 Å². The maximum absolute atomic E-state index is 5.43. The minimum atomic E-state index is -0.515. The molecule has 5 nitrogen and oxygen atoms in total. The maximum atomic E-state index is 5.43. The van der Waals surface area contributed by atoms with Gasteiger partial charge in [0.15, 0.2) is 0 Å². The fraction of sp³-hybridized carbons (Fsp3) is 0.800. The Balaban J connectivity index is 2.85. The van der Waals surface area contributed by atoms with Crippen molar-refractivity contribution in [3.63, 3.8) is 0 Å². The molecule has 0 N–H and O–H groups in total. The third kappa shape index (κ3) is 2.31. The topological polar surface area (TPSA) is 46.2 Å². The summed E-state index contributed by atoms with van der Waals surface area (Å²) in [5.41, 5.74) is 0. The summed E-state index contributed by atoms with van der Waals surface area (Å²) in [4.78, 5) is 0. The molecule has 0 aliphatic carbocycles. The Morgan fingerprint density at radius 1 is 0.933 bits per heavy atom. The van der Waals surface area contributed by atoms with Crippen LogP contribution in [-0.4, -0.2) is 53.0 Å². The largest absolute Gasteiger partial charge is 0.464 e. The molecule has 1 aliphatic heterocycles. The molecule has 4 atom stereocenters. The van der Waals surface area contributed by atoms with E-state index in [1.807, 2.05) is 0 Å². The van der Waals surface area contributed by atoms with Gasteiger partial charge in [-0.05, 0) is 0 Å². The lowest BCUT2D eigenvalue weighted by Crippen LogP contribution is -2.54. The molecule has 1 heterocycles. The van der Waals surface area contributed by atoms with Gasteiger partial charge in [0.05, 0.1) is 0 Å². The zero-order chi connectivity index (χ0) is 11.4. The van der Waals surface area contributed by atoms with E-state index in [2.05, 4.69) is 6.58 Å². The Morgan fingerprint density at radius 2 is 1.53 bits per heavy atom. The quantitative estimate of drug-likeness (QED) is 0.689. The van der Waals surface area contributed by atoms with Crippen LogP contribution in [0.3, 0.4) is 0 Å². The first-order valence-corrected chi connectivity index (χ1v) is 4.66. The van der Waals surface area contributed by atoms with E-state index in [-0.39, 0.29) is 18.3 Å². The standard InChI is InChI=1S/C10H18O5/c1-6-7(11-2)8(12-3)9(13-4)10(14-5)15-6/h7-10H,1H2,2-5H3/t7-,8+,9-,10+/m1/s1. The predicted octanol–water partition coefficient (Wildman–Crippen LogP) is 0.548. The highest BCUT2D eigenvalue weighted by Gasteiger charge is 2.44. The van der Waals surface area contributed by atoms with Gasteiger partial charge in [-0.15, -0.1) is 0 Å². The third-order valence-electron chi connectivity index (χ3n) is 2.51. The highest BCUT2D eigenvalue weighted by molar-refractivity contribution is 5.05. The Bertz CT molecular complexity index is 218. The Kier molecular flexibility index (Phi) is 4.53. The van der Waals surface area contributed by atoms with Crippen molar-refractivity contribution in [1.82, 2.24) is 0 Å². The molecule has 88 valence electrons. The third-order valence-corrected chi connectivity index (χ3v) is 2.51. The zero-order valence-corrected chi connectivity index (χ0v) is 9.56. The summed E-state index contributed by atoms with van der Waals surface area (Å²) in [6.07, 6.45) is -1.48. The monoisotopic (exact) mass is 218 g/mol. The van der Waals surface area contributed by atoms with Crippen molar-refractivity contribution < 1.29 is 23.7 Å². The van der Waals surface area contributed by atoms with E-state index in [1.165, 1.54) is 0 Å². The van der Waals surface area contributed by atoms with Crippen LogP contribution in [0.1, 0.15) is 0 Å². The van der Waals surface area contributed by atoms with E-state index in [9.17, 15) is 0 Å². The lowest BCUT2D eigenvalue weighted by Gasteiger charge is -2.40. The van der Waals surface area contributed by atoms with Crippen LogP contribution >= 0.6 is 0 Å². The van der Waals surface area contributed by atoms with Gasteiger partial charge in [0.25, 0.3) is 0 Å². The zero-order valence-electron chi connectivity index (χ0n) is 9.56. The summed E-state index contributed by atoms with van der Waals surface area (Å²) in [6, 6.07) is 0. The van der Waals surface area contributed by atoms with Crippen LogP contribution in [0.4, 0.5) is 0 Å². The van der Waals surface area contributed by atoms with E-state index in [4.69, 9.17) is 23.7 Å². The fourth-order valence-electron chi connectivity index (χ4n) is 1.74. The van der Waals surface area contributed by atoms with Crippen molar-refractivity contribution in [2.24, 2.45) is 0 Å². The van der Waals surface area contributed by atoms with Crippen molar-refractivity contribution in [2.45, 2.75) is 24.6 Å². The second kappa shape index (κ2) is 5.46. The summed E-state index contributed by atoms with van der Waals surface area (Å²) < 4.78 is 26.4. The molecule has 1 fully saturated rings. The smallest absolute Gasteiger partial charge is 0.228 e. The van der Waals surface area contributed by atoms with Gasteiger partial charge in [-0.25, -0.2) is 0 Å². The Morgan fingerprint density at radius 3 is 1.93 bits per heavy atom. The minimum Gasteiger partial charge on any atom is -0.464 e. The van der Waals surface area contributed by atoms with Crippen molar-refractivity contribution >= 4 is 0 Å². The van der Waals surface area contributed by atoms with Gasteiger partial charge in [-0.3, -0.25) is 0 Å². The second-order valence-electron chi connectivity index (χ2n) is 3.25.